The van der Waals surface area contributed by atoms with E-state index in [2.05, 4.69) is 10.00 Å². The van der Waals surface area contributed by atoms with Crippen LogP contribution in [0.5, 0.6) is 0 Å². The van der Waals surface area contributed by atoms with Crippen LogP contribution in [0.15, 0.2) is 35.4 Å². The van der Waals surface area contributed by atoms with Gasteiger partial charge in [0, 0.05) is 31.4 Å². The SMILES string of the molecule is Cc1ccc(N2CCN(S(=O)(=O)c3cn(C(F)F)nc3C)C[C@H]2C)cc1. The zero-order valence-corrected chi connectivity index (χ0v) is 15.7. The van der Waals surface area contributed by atoms with Gasteiger partial charge < -0.3 is 4.90 Å². The lowest BCUT2D eigenvalue weighted by molar-refractivity contribution is 0.0561. The van der Waals surface area contributed by atoms with Crippen molar-refractivity contribution in [2.75, 3.05) is 24.5 Å². The van der Waals surface area contributed by atoms with E-state index in [1.54, 1.807) is 0 Å². The van der Waals surface area contributed by atoms with E-state index in [1.165, 1.54) is 11.2 Å². The molecular weight excluding hydrogens is 362 g/mol. The molecule has 3 rings (SSSR count). The van der Waals surface area contributed by atoms with E-state index in [9.17, 15) is 17.2 Å². The number of hydrogen-bond donors (Lipinski definition) is 0. The molecule has 1 aromatic heterocycles. The Morgan fingerprint density at radius 1 is 1.15 bits per heavy atom. The fraction of sp³-hybridized carbons (Fsp3) is 0.471. The molecule has 1 saturated heterocycles. The largest absolute Gasteiger partial charge is 0.366 e. The van der Waals surface area contributed by atoms with Crippen LogP contribution < -0.4 is 4.90 Å². The number of anilines is 1. The summed E-state index contributed by atoms with van der Waals surface area (Å²) in [6, 6.07) is 8.05. The summed E-state index contributed by atoms with van der Waals surface area (Å²) < 4.78 is 53.1. The number of halogens is 2. The second-order valence-corrected chi connectivity index (χ2v) is 8.48. The van der Waals surface area contributed by atoms with Gasteiger partial charge in [-0.25, -0.2) is 13.1 Å². The first kappa shape index (κ1) is 18.8. The molecule has 1 fully saturated rings. The molecule has 0 saturated carbocycles. The minimum absolute atomic E-state index is 0.0355. The summed E-state index contributed by atoms with van der Waals surface area (Å²) in [5.74, 6) is 0. The lowest BCUT2D eigenvalue weighted by Gasteiger charge is -2.40. The average molecular weight is 384 g/mol. The van der Waals surface area contributed by atoms with Crippen molar-refractivity contribution < 1.29 is 17.2 Å². The van der Waals surface area contributed by atoms with Gasteiger partial charge in [-0.1, -0.05) is 17.7 Å². The molecule has 1 aromatic carbocycles. The third kappa shape index (κ3) is 3.45. The van der Waals surface area contributed by atoms with E-state index in [0.717, 1.165) is 17.4 Å². The lowest BCUT2D eigenvalue weighted by atomic mass is 10.1. The normalized spacial score (nSPS) is 19.3. The molecule has 0 amide bonds. The highest BCUT2D eigenvalue weighted by atomic mass is 32.2. The number of rotatable bonds is 4. The summed E-state index contributed by atoms with van der Waals surface area (Å²) in [6.45, 7) is 3.64. The highest BCUT2D eigenvalue weighted by molar-refractivity contribution is 7.89. The highest BCUT2D eigenvalue weighted by Crippen LogP contribution is 2.26. The highest BCUT2D eigenvalue weighted by Gasteiger charge is 2.34. The first-order valence-corrected chi connectivity index (χ1v) is 9.81. The van der Waals surface area contributed by atoms with Gasteiger partial charge in [-0.2, -0.15) is 18.2 Å². The fourth-order valence-electron chi connectivity index (χ4n) is 3.22. The number of aryl methyl sites for hydroxylation is 2. The number of piperazine rings is 1. The molecule has 1 atom stereocenters. The zero-order valence-electron chi connectivity index (χ0n) is 14.9. The van der Waals surface area contributed by atoms with E-state index in [0.29, 0.717) is 17.8 Å². The quantitative estimate of drug-likeness (QED) is 0.813. The Kier molecular flexibility index (Phi) is 5.03. The van der Waals surface area contributed by atoms with Crippen molar-refractivity contribution in [1.82, 2.24) is 14.1 Å². The lowest BCUT2D eigenvalue weighted by Crippen LogP contribution is -2.53. The smallest absolute Gasteiger partial charge is 0.333 e. The monoisotopic (exact) mass is 384 g/mol. The number of sulfonamides is 1. The summed E-state index contributed by atoms with van der Waals surface area (Å²) in [6.07, 6.45) is 0.909. The molecule has 2 aromatic rings. The predicted molar refractivity (Wildman–Crippen MR) is 95.0 cm³/mol. The van der Waals surface area contributed by atoms with Crippen molar-refractivity contribution in [2.24, 2.45) is 0 Å². The fourth-order valence-corrected chi connectivity index (χ4v) is 4.89. The molecule has 0 N–H and O–H groups in total. The Morgan fingerprint density at radius 2 is 1.81 bits per heavy atom. The van der Waals surface area contributed by atoms with Crippen LogP contribution in [0.1, 0.15) is 24.7 Å². The molecule has 0 bridgehead atoms. The van der Waals surface area contributed by atoms with Gasteiger partial charge in [-0.05, 0) is 32.9 Å². The Morgan fingerprint density at radius 3 is 2.35 bits per heavy atom. The first-order chi connectivity index (χ1) is 12.2. The molecule has 26 heavy (non-hydrogen) atoms. The molecule has 2 heterocycles. The van der Waals surface area contributed by atoms with Gasteiger partial charge >= 0.3 is 6.55 Å². The van der Waals surface area contributed by atoms with E-state index >= 15 is 0 Å². The predicted octanol–water partition coefficient (Wildman–Crippen LogP) is 2.79. The molecule has 0 radical (unpaired) electrons. The van der Waals surface area contributed by atoms with Gasteiger partial charge in [0.15, 0.2) is 0 Å². The van der Waals surface area contributed by atoms with Gasteiger partial charge in [-0.3, -0.25) is 0 Å². The second kappa shape index (κ2) is 6.96. The van der Waals surface area contributed by atoms with Crippen LogP contribution >= 0.6 is 0 Å². The van der Waals surface area contributed by atoms with Crippen molar-refractivity contribution in [3.63, 3.8) is 0 Å². The second-order valence-electron chi connectivity index (χ2n) is 6.58. The van der Waals surface area contributed by atoms with Crippen LogP contribution in [-0.4, -0.2) is 48.2 Å². The van der Waals surface area contributed by atoms with Crippen LogP contribution in [0.3, 0.4) is 0 Å². The van der Waals surface area contributed by atoms with E-state index in [-0.39, 0.29) is 23.2 Å². The summed E-state index contributed by atoms with van der Waals surface area (Å²) in [5.41, 5.74) is 2.29. The molecule has 1 aliphatic heterocycles. The van der Waals surface area contributed by atoms with E-state index < -0.39 is 16.6 Å². The van der Waals surface area contributed by atoms with Gasteiger partial charge in [-0.15, -0.1) is 0 Å². The third-order valence-corrected chi connectivity index (χ3v) is 6.61. The van der Waals surface area contributed by atoms with Gasteiger partial charge in [0.1, 0.15) is 4.90 Å². The maximum absolute atomic E-state index is 12.9. The van der Waals surface area contributed by atoms with Gasteiger partial charge in [0.25, 0.3) is 0 Å². The average Bonchev–Trinajstić information content (AvgIpc) is 2.99. The summed E-state index contributed by atoms with van der Waals surface area (Å²) >= 11 is 0. The van der Waals surface area contributed by atoms with Gasteiger partial charge in [0.05, 0.1) is 11.9 Å². The molecule has 9 heteroatoms. The standard InChI is InChI=1S/C17H22F2N4O2S/c1-12-4-6-15(7-5-12)22-9-8-21(10-13(22)2)26(24,25)16-11-23(17(18)19)20-14(16)3/h4-7,11,13,17H,8-10H2,1-3H3/t13-/m1/s1. The van der Waals surface area contributed by atoms with Crippen LogP contribution in [0.2, 0.25) is 0 Å². The van der Waals surface area contributed by atoms with Crippen LogP contribution in [0, 0.1) is 13.8 Å². The number of alkyl halides is 2. The van der Waals surface area contributed by atoms with Crippen molar-refractivity contribution >= 4 is 15.7 Å². The maximum atomic E-state index is 12.9. The number of aromatic nitrogens is 2. The van der Waals surface area contributed by atoms with Crippen LogP contribution in [0.4, 0.5) is 14.5 Å². The third-order valence-electron chi connectivity index (χ3n) is 4.65. The molecular formula is C17H22F2N4O2S. The number of hydrogen-bond acceptors (Lipinski definition) is 4. The number of benzene rings is 1. The molecule has 6 nitrogen and oxygen atoms in total. The van der Waals surface area contributed by atoms with E-state index in [4.69, 9.17) is 0 Å². The minimum Gasteiger partial charge on any atom is -0.366 e. The zero-order chi connectivity index (χ0) is 19.1. The molecule has 1 aliphatic rings. The Hall–Kier alpha value is -2.00. The topological polar surface area (TPSA) is 58.4 Å². The summed E-state index contributed by atoms with van der Waals surface area (Å²) in [4.78, 5) is 2.00. The molecule has 0 unspecified atom stereocenters. The summed E-state index contributed by atoms with van der Waals surface area (Å²) in [7, 11) is -3.86. The van der Waals surface area contributed by atoms with Crippen LogP contribution in [-0.2, 0) is 10.0 Å². The van der Waals surface area contributed by atoms with Crippen molar-refractivity contribution in [3.05, 3.63) is 41.7 Å². The Balaban J connectivity index is 1.80. The van der Waals surface area contributed by atoms with Crippen LogP contribution in [0.25, 0.3) is 0 Å². The maximum Gasteiger partial charge on any atom is 0.333 e. The van der Waals surface area contributed by atoms with Crippen molar-refractivity contribution in [1.29, 1.82) is 0 Å². The van der Waals surface area contributed by atoms with Crippen molar-refractivity contribution in [3.8, 4) is 0 Å². The molecule has 142 valence electrons. The van der Waals surface area contributed by atoms with Gasteiger partial charge in [0.2, 0.25) is 10.0 Å². The summed E-state index contributed by atoms with van der Waals surface area (Å²) in [5, 5.41) is 3.61. The minimum atomic E-state index is -3.86. The molecule has 0 aliphatic carbocycles. The molecule has 0 spiro atoms. The first-order valence-electron chi connectivity index (χ1n) is 8.37. The van der Waals surface area contributed by atoms with E-state index in [1.807, 2.05) is 38.1 Å². The van der Waals surface area contributed by atoms with Crippen molar-refractivity contribution in [2.45, 2.75) is 38.3 Å². The Bertz CT molecular complexity index is 881. The Labute approximate surface area is 152 Å². The number of nitrogens with zero attached hydrogens (tertiary/aromatic N) is 4.